The van der Waals surface area contributed by atoms with Gasteiger partial charge in [0.05, 0.1) is 16.2 Å². The summed E-state index contributed by atoms with van der Waals surface area (Å²) >= 11 is 2.95. The van der Waals surface area contributed by atoms with E-state index in [0.29, 0.717) is 18.9 Å². The quantitative estimate of drug-likeness (QED) is 0.625. The molecule has 0 aliphatic heterocycles. The number of benzene rings is 1. The van der Waals surface area contributed by atoms with Crippen molar-refractivity contribution in [3.63, 3.8) is 0 Å². The smallest absolute Gasteiger partial charge is 0.244 e. The Labute approximate surface area is 130 Å². The predicted molar refractivity (Wildman–Crippen MR) is 78.4 cm³/mol. The summed E-state index contributed by atoms with van der Waals surface area (Å²) in [7, 11) is 0. The standard InChI is InChI=1S/C15H15BrF2N2O/c16-10-7-13(12(18)8-11(10)17)20-14(21)15(9-19)5-3-1-2-4-6-15/h7-8H,1-6H2,(H,20,21). The summed E-state index contributed by atoms with van der Waals surface area (Å²) in [4.78, 5) is 12.4. The third-order valence-corrected chi connectivity index (χ3v) is 4.47. The maximum absolute atomic E-state index is 13.7. The van der Waals surface area contributed by atoms with Gasteiger partial charge in [-0.05, 0) is 34.8 Å². The second-order valence-electron chi connectivity index (χ2n) is 5.31. The van der Waals surface area contributed by atoms with Crippen LogP contribution in [0.5, 0.6) is 0 Å². The van der Waals surface area contributed by atoms with Gasteiger partial charge in [0, 0.05) is 6.07 Å². The molecule has 6 heteroatoms. The molecule has 0 aromatic heterocycles. The third kappa shape index (κ3) is 3.41. The molecule has 0 atom stereocenters. The number of nitrogens with zero attached hydrogens (tertiary/aromatic N) is 1. The van der Waals surface area contributed by atoms with E-state index in [1.54, 1.807) is 0 Å². The van der Waals surface area contributed by atoms with E-state index in [1.165, 1.54) is 6.07 Å². The van der Waals surface area contributed by atoms with Crippen molar-refractivity contribution < 1.29 is 13.6 Å². The number of carbonyl (C=O) groups excluding carboxylic acids is 1. The van der Waals surface area contributed by atoms with Crippen molar-refractivity contribution in [1.29, 1.82) is 5.26 Å². The van der Waals surface area contributed by atoms with Crippen molar-refractivity contribution in [2.45, 2.75) is 38.5 Å². The fourth-order valence-corrected chi connectivity index (χ4v) is 2.93. The van der Waals surface area contributed by atoms with Crippen LogP contribution in [0.15, 0.2) is 16.6 Å². The van der Waals surface area contributed by atoms with Crippen LogP contribution in [0, 0.1) is 28.4 Å². The van der Waals surface area contributed by atoms with Gasteiger partial charge in [-0.2, -0.15) is 5.26 Å². The third-order valence-electron chi connectivity index (χ3n) is 3.86. The number of hydrogen-bond acceptors (Lipinski definition) is 2. The van der Waals surface area contributed by atoms with Crippen LogP contribution >= 0.6 is 15.9 Å². The molecule has 1 aromatic carbocycles. The molecule has 1 fully saturated rings. The van der Waals surface area contributed by atoms with Crippen LogP contribution in [0.1, 0.15) is 38.5 Å². The Morgan fingerprint density at radius 3 is 2.38 bits per heavy atom. The first-order valence-corrected chi connectivity index (χ1v) is 7.65. The first kappa shape index (κ1) is 15.9. The monoisotopic (exact) mass is 356 g/mol. The minimum absolute atomic E-state index is 0.0612. The van der Waals surface area contributed by atoms with Crippen molar-refractivity contribution in [3.05, 3.63) is 28.2 Å². The predicted octanol–water partition coefficient (Wildman–Crippen LogP) is 4.53. The minimum atomic E-state index is -1.12. The number of carbonyl (C=O) groups is 1. The molecular weight excluding hydrogens is 342 g/mol. The Morgan fingerprint density at radius 1 is 1.19 bits per heavy atom. The molecule has 21 heavy (non-hydrogen) atoms. The molecule has 112 valence electrons. The van der Waals surface area contributed by atoms with Crippen LogP contribution in [0.25, 0.3) is 0 Å². The highest BCUT2D eigenvalue weighted by molar-refractivity contribution is 9.10. The lowest BCUT2D eigenvalue weighted by molar-refractivity contribution is -0.123. The molecule has 0 saturated heterocycles. The van der Waals surface area contributed by atoms with Gasteiger partial charge >= 0.3 is 0 Å². The molecule has 1 aliphatic carbocycles. The minimum Gasteiger partial charge on any atom is -0.322 e. The Morgan fingerprint density at radius 2 is 1.81 bits per heavy atom. The molecule has 1 aromatic rings. The van der Waals surface area contributed by atoms with E-state index in [9.17, 15) is 18.8 Å². The number of anilines is 1. The molecule has 1 saturated carbocycles. The fraction of sp³-hybridized carbons (Fsp3) is 0.467. The largest absolute Gasteiger partial charge is 0.322 e. The molecule has 0 spiro atoms. The lowest BCUT2D eigenvalue weighted by Crippen LogP contribution is -2.35. The number of nitriles is 1. The number of halogens is 3. The molecule has 1 N–H and O–H groups in total. The number of nitrogens with one attached hydrogen (secondary N) is 1. The maximum atomic E-state index is 13.7. The van der Waals surface area contributed by atoms with E-state index < -0.39 is 23.0 Å². The zero-order valence-corrected chi connectivity index (χ0v) is 13.0. The fourth-order valence-electron chi connectivity index (χ4n) is 2.58. The first-order valence-electron chi connectivity index (χ1n) is 6.86. The topological polar surface area (TPSA) is 52.9 Å². The van der Waals surface area contributed by atoms with E-state index in [4.69, 9.17) is 0 Å². The Balaban J connectivity index is 2.24. The number of rotatable bonds is 2. The summed E-state index contributed by atoms with van der Waals surface area (Å²) in [6.45, 7) is 0. The molecule has 3 nitrogen and oxygen atoms in total. The van der Waals surface area contributed by atoms with Crippen molar-refractivity contribution in [2.75, 3.05) is 5.32 Å². The molecular formula is C15H15BrF2N2O. The lowest BCUT2D eigenvalue weighted by Gasteiger charge is -2.23. The zero-order chi connectivity index (χ0) is 15.5. The van der Waals surface area contributed by atoms with E-state index in [2.05, 4.69) is 27.3 Å². The Kier molecular flexibility index (Phi) is 4.94. The summed E-state index contributed by atoms with van der Waals surface area (Å²) in [6.07, 6.45) is 4.53. The molecule has 2 rings (SSSR count). The van der Waals surface area contributed by atoms with Crippen LogP contribution < -0.4 is 5.32 Å². The van der Waals surface area contributed by atoms with Gasteiger partial charge in [-0.1, -0.05) is 25.7 Å². The highest BCUT2D eigenvalue weighted by atomic mass is 79.9. The van der Waals surface area contributed by atoms with Gasteiger partial charge in [0.25, 0.3) is 0 Å². The summed E-state index contributed by atoms with van der Waals surface area (Å²) in [5.41, 5.74) is -1.24. The number of amides is 1. The summed E-state index contributed by atoms with van der Waals surface area (Å²) in [6, 6.07) is 3.97. The van der Waals surface area contributed by atoms with Crippen LogP contribution in [0.4, 0.5) is 14.5 Å². The number of hydrogen-bond donors (Lipinski definition) is 1. The van der Waals surface area contributed by atoms with Crippen LogP contribution in [-0.4, -0.2) is 5.91 Å². The molecule has 0 radical (unpaired) electrons. The average molecular weight is 357 g/mol. The van der Waals surface area contributed by atoms with Gasteiger partial charge < -0.3 is 5.32 Å². The van der Waals surface area contributed by atoms with E-state index in [1.807, 2.05) is 0 Å². The SMILES string of the molecule is N#CC1(C(=O)Nc2cc(Br)c(F)cc2F)CCCCCC1. The van der Waals surface area contributed by atoms with E-state index >= 15 is 0 Å². The summed E-state index contributed by atoms with van der Waals surface area (Å²) < 4.78 is 27.0. The lowest BCUT2D eigenvalue weighted by atomic mass is 9.81. The second kappa shape index (κ2) is 6.52. The molecule has 0 heterocycles. The van der Waals surface area contributed by atoms with Crippen LogP contribution in [0.2, 0.25) is 0 Å². The van der Waals surface area contributed by atoms with Crippen molar-refractivity contribution in [3.8, 4) is 6.07 Å². The van der Waals surface area contributed by atoms with Crippen molar-refractivity contribution in [1.82, 2.24) is 0 Å². The summed E-state index contributed by atoms with van der Waals surface area (Å²) in [5.74, 6) is -2.11. The highest BCUT2D eigenvalue weighted by Gasteiger charge is 2.39. The van der Waals surface area contributed by atoms with E-state index in [-0.39, 0.29) is 10.2 Å². The second-order valence-corrected chi connectivity index (χ2v) is 6.16. The van der Waals surface area contributed by atoms with Crippen molar-refractivity contribution in [2.24, 2.45) is 5.41 Å². The van der Waals surface area contributed by atoms with E-state index in [0.717, 1.165) is 25.7 Å². The average Bonchev–Trinajstić information content (AvgIpc) is 2.71. The molecule has 0 unspecified atom stereocenters. The highest BCUT2D eigenvalue weighted by Crippen LogP contribution is 2.36. The van der Waals surface area contributed by atoms with Crippen LogP contribution in [-0.2, 0) is 4.79 Å². The Bertz CT molecular complexity index is 590. The van der Waals surface area contributed by atoms with Gasteiger partial charge in [-0.15, -0.1) is 0 Å². The Hall–Kier alpha value is -1.48. The first-order chi connectivity index (χ1) is 9.98. The summed E-state index contributed by atoms with van der Waals surface area (Å²) in [5, 5.41) is 11.8. The van der Waals surface area contributed by atoms with Gasteiger partial charge in [-0.3, -0.25) is 4.79 Å². The molecule has 1 aliphatic rings. The van der Waals surface area contributed by atoms with Crippen LogP contribution in [0.3, 0.4) is 0 Å². The molecule has 1 amide bonds. The maximum Gasteiger partial charge on any atom is 0.244 e. The van der Waals surface area contributed by atoms with Gasteiger partial charge in [0.15, 0.2) is 0 Å². The van der Waals surface area contributed by atoms with Crippen molar-refractivity contribution >= 4 is 27.5 Å². The van der Waals surface area contributed by atoms with Gasteiger partial charge in [0.2, 0.25) is 5.91 Å². The molecule has 0 bridgehead atoms. The zero-order valence-electron chi connectivity index (χ0n) is 11.4. The normalized spacial score (nSPS) is 17.6. The van der Waals surface area contributed by atoms with Gasteiger partial charge in [0.1, 0.15) is 17.0 Å². The van der Waals surface area contributed by atoms with Gasteiger partial charge in [-0.25, -0.2) is 8.78 Å².